The van der Waals surface area contributed by atoms with Crippen LogP contribution in [0.1, 0.15) is 49.9 Å². The fraction of sp³-hybridized carbons (Fsp3) is 0.276. The maximum atomic E-state index is 12.8. The van der Waals surface area contributed by atoms with Crippen molar-refractivity contribution in [3.63, 3.8) is 0 Å². The number of fused-ring (bicyclic) bond motifs is 1. The molecule has 3 heterocycles. The Morgan fingerprint density at radius 1 is 0.944 bits per heavy atom. The van der Waals surface area contributed by atoms with Crippen LogP contribution in [0.5, 0.6) is 0 Å². The molecule has 2 aromatic carbocycles. The number of benzene rings is 2. The fourth-order valence-electron chi connectivity index (χ4n) is 3.90. The van der Waals surface area contributed by atoms with Gasteiger partial charge in [-0.1, -0.05) is 38.8 Å². The molecule has 36 heavy (non-hydrogen) atoms. The van der Waals surface area contributed by atoms with E-state index in [1.807, 2.05) is 58.9 Å². The molecule has 0 aliphatic carbocycles. The summed E-state index contributed by atoms with van der Waals surface area (Å²) in [5, 5.41) is 3.93. The van der Waals surface area contributed by atoms with Crippen LogP contribution in [0.4, 0.5) is 11.4 Å². The number of aromatic nitrogens is 2. The van der Waals surface area contributed by atoms with E-state index in [2.05, 4.69) is 29.1 Å². The van der Waals surface area contributed by atoms with Gasteiger partial charge in [0.05, 0.1) is 11.2 Å². The second-order valence-corrected chi connectivity index (χ2v) is 10.1. The number of rotatable bonds is 5. The van der Waals surface area contributed by atoms with E-state index in [9.17, 15) is 9.00 Å². The van der Waals surface area contributed by atoms with Crippen molar-refractivity contribution in [2.45, 2.75) is 39.5 Å². The Morgan fingerprint density at radius 2 is 1.75 bits per heavy atom. The quantitative estimate of drug-likeness (QED) is 0.334. The molecule has 5 rings (SSSR count). The summed E-state index contributed by atoms with van der Waals surface area (Å²) in [6, 6.07) is 20.7. The topological polar surface area (TPSA) is 75.2 Å². The van der Waals surface area contributed by atoms with Crippen molar-refractivity contribution in [2.75, 3.05) is 21.9 Å². The average Bonchev–Trinajstić information content (AvgIpc) is 2.93. The van der Waals surface area contributed by atoms with Gasteiger partial charge in [-0.2, -0.15) is 0 Å². The largest absolute Gasteiger partial charge is 0.322 e. The van der Waals surface area contributed by atoms with Crippen LogP contribution < -0.4 is 9.62 Å². The third-order valence-corrected chi connectivity index (χ3v) is 7.54. The van der Waals surface area contributed by atoms with Crippen LogP contribution in [-0.2, 0) is 11.0 Å². The predicted molar refractivity (Wildman–Crippen MR) is 150 cm³/mol. The van der Waals surface area contributed by atoms with E-state index >= 15 is 0 Å². The standard InChI is InChI=1S/C25H22N4O2S.C4H10/c30-25(18-8-10-21(11-9-18)29-15-1-2-16-32(29)31)28-20-6-3-5-19(17-20)24-22-7-4-13-26-23(22)12-14-27-24;1-3-4-2/h3-14,17H,1-2,15-16H2,(H,28,30);3-4H2,1-2H3. The van der Waals surface area contributed by atoms with Gasteiger partial charge in [-0.3, -0.25) is 19.1 Å². The summed E-state index contributed by atoms with van der Waals surface area (Å²) in [6.07, 6.45) is 8.17. The summed E-state index contributed by atoms with van der Waals surface area (Å²) in [7, 11) is -0.987. The average molecular weight is 501 g/mol. The number of amides is 1. The zero-order valence-electron chi connectivity index (χ0n) is 20.8. The molecule has 6 nitrogen and oxygen atoms in total. The molecule has 1 aliphatic heterocycles. The Labute approximate surface area is 215 Å². The number of anilines is 2. The molecule has 7 heteroatoms. The van der Waals surface area contributed by atoms with Gasteiger partial charge in [0.2, 0.25) is 0 Å². The number of nitrogens with zero attached hydrogens (tertiary/aromatic N) is 3. The van der Waals surface area contributed by atoms with Crippen LogP contribution in [0.25, 0.3) is 22.2 Å². The predicted octanol–water partition coefficient (Wildman–Crippen LogP) is 6.62. The smallest absolute Gasteiger partial charge is 0.255 e. The Hall–Kier alpha value is -3.58. The minimum Gasteiger partial charge on any atom is -0.322 e. The van der Waals surface area contributed by atoms with Crippen LogP contribution in [0.3, 0.4) is 0 Å². The van der Waals surface area contributed by atoms with Gasteiger partial charge in [0.25, 0.3) is 5.91 Å². The highest BCUT2D eigenvalue weighted by Gasteiger charge is 2.18. The second kappa shape index (κ2) is 12.4. The molecule has 4 aromatic rings. The highest BCUT2D eigenvalue weighted by Crippen LogP contribution is 2.27. The maximum Gasteiger partial charge on any atom is 0.255 e. The second-order valence-electron chi connectivity index (χ2n) is 8.65. The number of nitrogens with one attached hydrogen (secondary N) is 1. The van der Waals surface area contributed by atoms with Gasteiger partial charge in [0.1, 0.15) is 11.0 Å². The van der Waals surface area contributed by atoms with E-state index in [4.69, 9.17) is 0 Å². The van der Waals surface area contributed by atoms with Crippen molar-refractivity contribution in [1.29, 1.82) is 0 Å². The van der Waals surface area contributed by atoms with E-state index in [1.165, 1.54) is 12.8 Å². The minimum absolute atomic E-state index is 0.194. The van der Waals surface area contributed by atoms with Gasteiger partial charge >= 0.3 is 0 Å². The first kappa shape index (κ1) is 25.5. The van der Waals surface area contributed by atoms with Crippen molar-refractivity contribution in [3.8, 4) is 11.3 Å². The molecule has 0 saturated carbocycles. The van der Waals surface area contributed by atoms with Crippen LogP contribution >= 0.6 is 0 Å². The zero-order valence-corrected chi connectivity index (χ0v) is 21.6. The van der Waals surface area contributed by atoms with Crippen molar-refractivity contribution in [3.05, 3.63) is 84.7 Å². The Balaban J connectivity index is 0.000000709. The first-order valence-electron chi connectivity index (χ1n) is 12.5. The molecule has 1 saturated heterocycles. The molecule has 1 atom stereocenters. The van der Waals surface area contributed by atoms with E-state index in [0.29, 0.717) is 17.0 Å². The third kappa shape index (κ3) is 6.15. The van der Waals surface area contributed by atoms with E-state index in [-0.39, 0.29) is 5.91 Å². The lowest BCUT2D eigenvalue weighted by Crippen LogP contribution is -2.32. The van der Waals surface area contributed by atoms with Crippen LogP contribution in [0.2, 0.25) is 0 Å². The van der Waals surface area contributed by atoms with E-state index in [1.54, 1.807) is 24.5 Å². The Morgan fingerprint density at radius 3 is 2.50 bits per heavy atom. The molecule has 1 amide bonds. The summed E-state index contributed by atoms with van der Waals surface area (Å²) in [4.78, 5) is 21.7. The van der Waals surface area contributed by atoms with Crippen molar-refractivity contribution < 1.29 is 9.00 Å². The normalized spacial score (nSPS) is 15.2. The first-order valence-corrected chi connectivity index (χ1v) is 13.8. The van der Waals surface area contributed by atoms with Gasteiger partial charge in [0, 0.05) is 52.6 Å². The molecule has 1 fully saturated rings. The van der Waals surface area contributed by atoms with Crippen LogP contribution in [0.15, 0.2) is 79.1 Å². The maximum absolute atomic E-state index is 12.8. The summed E-state index contributed by atoms with van der Waals surface area (Å²) in [5.41, 5.74) is 4.74. The molecule has 1 unspecified atom stereocenters. The molecular weight excluding hydrogens is 468 g/mol. The molecule has 1 N–H and O–H groups in total. The van der Waals surface area contributed by atoms with Gasteiger partial charge in [-0.25, -0.2) is 4.21 Å². The lowest BCUT2D eigenvalue weighted by molar-refractivity contribution is 0.102. The van der Waals surface area contributed by atoms with E-state index in [0.717, 1.165) is 47.2 Å². The van der Waals surface area contributed by atoms with Gasteiger partial charge in [-0.15, -0.1) is 0 Å². The van der Waals surface area contributed by atoms with Crippen LogP contribution in [0, 0.1) is 0 Å². The number of pyridine rings is 2. The summed E-state index contributed by atoms with van der Waals surface area (Å²) in [5.74, 6) is 0.501. The Kier molecular flexibility index (Phi) is 8.79. The molecule has 2 aromatic heterocycles. The number of carbonyl (C=O) groups excluding carboxylic acids is 1. The highest BCUT2D eigenvalue weighted by atomic mass is 32.2. The lowest BCUT2D eigenvalue weighted by Gasteiger charge is -2.27. The molecule has 186 valence electrons. The number of hydrogen-bond acceptors (Lipinski definition) is 4. The van der Waals surface area contributed by atoms with Gasteiger partial charge in [-0.05, 0) is 67.4 Å². The highest BCUT2D eigenvalue weighted by molar-refractivity contribution is 7.86. The fourth-order valence-corrected chi connectivity index (χ4v) is 5.26. The molecular formula is C29H32N4O2S. The van der Waals surface area contributed by atoms with Crippen LogP contribution in [-0.4, -0.2) is 32.4 Å². The Bertz CT molecular complexity index is 1330. The van der Waals surface area contributed by atoms with E-state index < -0.39 is 11.0 Å². The SMILES string of the molecule is CCCC.O=C(Nc1cccc(-c2nccc3ncccc23)c1)c1ccc(N2CCCCS2=O)cc1. The molecule has 0 bridgehead atoms. The summed E-state index contributed by atoms with van der Waals surface area (Å²) in [6.45, 7) is 5.14. The lowest BCUT2D eigenvalue weighted by atomic mass is 10.1. The minimum atomic E-state index is -0.987. The zero-order chi connectivity index (χ0) is 25.3. The first-order chi connectivity index (χ1) is 17.6. The summed E-state index contributed by atoms with van der Waals surface area (Å²) < 4.78 is 14.1. The number of hydrogen-bond donors (Lipinski definition) is 1. The van der Waals surface area contributed by atoms with Gasteiger partial charge in [0.15, 0.2) is 0 Å². The third-order valence-electron chi connectivity index (χ3n) is 6.02. The van der Waals surface area contributed by atoms with Gasteiger partial charge < -0.3 is 5.32 Å². The number of carbonyl (C=O) groups is 1. The van der Waals surface area contributed by atoms with Crippen molar-refractivity contribution in [1.82, 2.24) is 9.97 Å². The van der Waals surface area contributed by atoms with Crippen molar-refractivity contribution >= 4 is 39.2 Å². The molecule has 0 spiro atoms. The molecule has 0 radical (unpaired) electrons. The van der Waals surface area contributed by atoms with Crippen molar-refractivity contribution in [2.24, 2.45) is 0 Å². The summed E-state index contributed by atoms with van der Waals surface area (Å²) >= 11 is 0. The number of unbranched alkanes of at least 4 members (excludes halogenated alkanes) is 1. The molecule has 1 aliphatic rings. The monoisotopic (exact) mass is 500 g/mol.